The van der Waals surface area contributed by atoms with Crippen molar-refractivity contribution in [2.24, 2.45) is 0 Å². The summed E-state index contributed by atoms with van der Waals surface area (Å²) in [5.74, 6) is -0.464. The van der Waals surface area contributed by atoms with Crippen LogP contribution in [0.25, 0.3) is 5.69 Å². The van der Waals surface area contributed by atoms with Crippen molar-refractivity contribution in [3.05, 3.63) is 65.5 Å². The Bertz CT molecular complexity index is 863. The summed E-state index contributed by atoms with van der Waals surface area (Å²) in [4.78, 5) is 12.5. The van der Waals surface area contributed by atoms with Crippen LogP contribution in [-0.2, 0) is 0 Å². The van der Waals surface area contributed by atoms with Gasteiger partial charge >= 0.3 is 0 Å². The first kappa shape index (κ1) is 16.3. The van der Waals surface area contributed by atoms with E-state index in [0.29, 0.717) is 10.7 Å². The van der Waals surface area contributed by atoms with E-state index in [1.54, 1.807) is 11.6 Å². The molecule has 0 saturated carbocycles. The van der Waals surface area contributed by atoms with E-state index >= 15 is 0 Å². The van der Waals surface area contributed by atoms with Crippen molar-refractivity contribution in [3.8, 4) is 5.69 Å². The second kappa shape index (κ2) is 6.92. The Morgan fingerprint density at radius 1 is 1.21 bits per heavy atom. The number of aryl methyl sites for hydroxylation is 1. The van der Waals surface area contributed by atoms with Gasteiger partial charge in [0.1, 0.15) is 5.82 Å². The van der Waals surface area contributed by atoms with E-state index in [1.165, 1.54) is 36.0 Å². The number of Topliss-reactive ketones (excluding diaryl/α,β-unsaturated/α-hetero) is 1. The molecule has 7 heteroatoms. The van der Waals surface area contributed by atoms with Crippen LogP contribution in [0.3, 0.4) is 0 Å². The summed E-state index contributed by atoms with van der Waals surface area (Å²) in [6.07, 6.45) is 0. The number of carbonyl (C=O) groups is 1. The van der Waals surface area contributed by atoms with E-state index in [-0.39, 0.29) is 11.6 Å². The molecular weight excluding hydrogens is 327 g/mol. The summed E-state index contributed by atoms with van der Waals surface area (Å²) in [5.41, 5.74) is 2.39. The lowest BCUT2D eigenvalue weighted by Crippen LogP contribution is -2.14. The molecule has 1 aromatic heterocycles. The van der Waals surface area contributed by atoms with E-state index in [4.69, 9.17) is 0 Å². The molecule has 0 aliphatic carbocycles. The number of rotatable bonds is 5. The molecule has 0 spiro atoms. The molecule has 1 atom stereocenters. The lowest BCUT2D eigenvalue weighted by Gasteiger charge is -2.10. The summed E-state index contributed by atoms with van der Waals surface area (Å²) in [6.45, 7) is 3.77. The van der Waals surface area contributed by atoms with Crippen molar-refractivity contribution < 1.29 is 9.18 Å². The first-order chi connectivity index (χ1) is 11.5. The fourth-order valence-electron chi connectivity index (χ4n) is 2.23. The molecule has 5 nitrogen and oxygen atoms in total. The molecule has 0 amide bonds. The van der Waals surface area contributed by atoms with E-state index in [2.05, 4.69) is 15.5 Å². The van der Waals surface area contributed by atoms with Crippen LogP contribution < -0.4 is 0 Å². The molecule has 2 aromatic carbocycles. The SMILES string of the molecule is Cc1cccc(-n2nnnc2SC(C)C(=O)c2ccc(F)cc2)c1. The number of hydrogen-bond acceptors (Lipinski definition) is 5. The first-order valence-electron chi connectivity index (χ1n) is 7.36. The summed E-state index contributed by atoms with van der Waals surface area (Å²) >= 11 is 1.27. The van der Waals surface area contributed by atoms with Crippen molar-refractivity contribution >= 4 is 17.5 Å². The van der Waals surface area contributed by atoms with Gasteiger partial charge in [-0.05, 0) is 66.2 Å². The zero-order valence-electron chi connectivity index (χ0n) is 13.2. The highest BCUT2D eigenvalue weighted by Gasteiger charge is 2.20. The van der Waals surface area contributed by atoms with Gasteiger partial charge in [0.05, 0.1) is 10.9 Å². The largest absolute Gasteiger partial charge is 0.293 e. The number of ketones is 1. The van der Waals surface area contributed by atoms with Crippen LogP contribution in [0.4, 0.5) is 4.39 Å². The molecule has 0 aliphatic heterocycles. The van der Waals surface area contributed by atoms with Gasteiger partial charge in [0.15, 0.2) is 5.78 Å². The summed E-state index contributed by atoms with van der Waals surface area (Å²) < 4.78 is 14.6. The van der Waals surface area contributed by atoms with E-state index in [1.807, 2.05) is 31.2 Å². The van der Waals surface area contributed by atoms with Crippen molar-refractivity contribution in [2.75, 3.05) is 0 Å². The fourth-order valence-corrected chi connectivity index (χ4v) is 3.12. The maximum absolute atomic E-state index is 13.0. The van der Waals surface area contributed by atoms with Crippen LogP contribution in [0.1, 0.15) is 22.8 Å². The van der Waals surface area contributed by atoms with Crippen LogP contribution in [0.15, 0.2) is 53.7 Å². The molecule has 3 aromatic rings. The van der Waals surface area contributed by atoms with Gasteiger partial charge in [-0.15, -0.1) is 5.10 Å². The minimum atomic E-state index is -0.398. The van der Waals surface area contributed by atoms with Crippen molar-refractivity contribution in [3.63, 3.8) is 0 Å². The van der Waals surface area contributed by atoms with Crippen LogP contribution in [0.5, 0.6) is 0 Å². The zero-order chi connectivity index (χ0) is 17.1. The number of benzene rings is 2. The number of hydrogen-bond donors (Lipinski definition) is 0. The Morgan fingerprint density at radius 2 is 1.96 bits per heavy atom. The van der Waals surface area contributed by atoms with Gasteiger partial charge in [-0.3, -0.25) is 4.79 Å². The van der Waals surface area contributed by atoms with Crippen LogP contribution in [0.2, 0.25) is 0 Å². The topological polar surface area (TPSA) is 60.7 Å². The normalized spacial score (nSPS) is 12.1. The predicted molar refractivity (Wildman–Crippen MR) is 89.9 cm³/mol. The minimum absolute atomic E-state index is 0.0983. The molecule has 0 aliphatic rings. The molecule has 0 saturated heterocycles. The van der Waals surface area contributed by atoms with Gasteiger partial charge in [0.25, 0.3) is 0 Å². The molecular formula is C17H15FN4OS. The average molecular weight is 342 g/mol. The zero-order valence-corrected chi connectivity index (χ0v) is 14.0. The number of nitrogens with zero attached hydrogens (tertiary/aromatic N) is 4. The highest BCUT2D eigenvalue weighted by atomic mass is 32.2. The van der Waals surface area contributed by atoms with Crippen LogP contribution >= 0.6 is 11.8 Å². The Hall–Kier alpha value is -2.54. The van der Waals surface area contributed by atoms with Gasteiger partial charge in [-0.1, -0.05) is 23.9 Å². The molecule has 1 heterocycles. The molecule has 3 rings (SSSR count). The summed E-state index contributed by atoms with van der Waals surface area (Å²) in [5, 5.41) is 11.8. The lowest BCUT2D eigenvalue weighted by molar-refractivity contribution is 0.0994. The molecule has 0 bridgehead atoms. The third-order valence-electron chi connectivity index (χ3n) is 3.47. The molecule has 0 N–H and O–H groups in total. The molecule has 24 heavy (non-hydrogen) atoms. The van der Waals surface area contributed by atoms with Crippen molar-refractivity contribution in [1.82, 2.24) is 20.2 Å². The monoisotopic (exact) mass is 342 g/mol. The van der Waals surface area contributed by atoms with Gasteiger partial charge in [0.2, 0.25) is 5.16 Å². The molecule has 0 fully saturated rings. The summed E-state index contributed by atoms with van der Waals surface area (Å²) in [7, 11) is 0. The van der Waals surface area contributed by atoms with Crippen molar-refractivity contribution in [1.29, 1.82) is 0 Å². The number of carbonyl (C=O) groups excluding carboxylic acids is 1. The van der Waals surface area contributed by atoms with Crippen LogP contribution in [0, 0.1) is 12.7 Å². The van der Waals surface area contributed by atoms with Gasteiger partial charge in [-0.2, -0.15) is 4.68 Å². The standard InChI is InChI=1S/C17H15FN4OS/c1-11-4-3-5-15(10-11)22-17(19-20-21-22)24-12(2)16(23)13-6-8-14(18)9-7-13/h3-10,12H,1-2H3. The van der Waals surface area contributed by atoms with Gasteiger partial charge < -0.3 is 0 Å². The second-order valence-corrected chi connectivity index (χ2v) is 6.65. The predicted octanol–water partition coefficient (Wildman–Crippen LogP) is 3.47. The fraction of sp³-hybridized carbons (Fsp3) is 0.176. The quantitative estimate of drug-likeness (QED) is 0.525. The summed E-state index contributed by atoms with van der Waals surface area (Å²) in [6, 6.07) is 13.3. The van der Waals surface area contributed by atoms with Crippen molar-refractivity contribution in [2.45, 2.75) is 24.3 Å². The Kier molecular flexibility index (Phi) is 4.71. The third-order valence-corrected chi connectivity index (χ3v) is 4.50. The molecule has 1 unspecified atom stereocenters. The van der Waals surface area contributed by atoms with Crippen LogP contribution in [-0.4, -0.2) is 31.2 Å². The third kappa shape index (κ3) is 3.51. The minimum Gasteiger partial charge on any atom is -0.293 e. The molecule has 122 valence electrons. The van der Waals surface area contributed by atoms with E-state index < -0.39 is 5.25 Å². The highest BCUT2D eigenvalue weighted by molar-refractivity contribution is 8.00. The maximum atomic E-state index is 13.0. The Balaban J connectivity index is 1.80. The Labute approximate surface area is 142 Å². The number of thioether (sulfide) groups is 1. The van der Waals surface area contributed by atoms with E-state index in [0.717, 1.165) is 11.3 Å². The van der Waals surface area contributed by atoms with Gasteiger partial charge in [0, 0.05) is 5.56 Å². The Morgan fingerprint density at radius 3 is 2.67 bits per heavy atom. The average Bonchev–Trinajstić information content (AvgIpc) is 3.03. The van der Waals surface area contributed by atoms with Gasteiger partial charge in [-0.25, -0.2) is 4.39 Å². The number of aromatic nitrogens is 4. The van der Waals surface area contributed by atoms with E-state index in [9.17, 15) is 9.18 Å². The molecule has 0 radical (unpaired) electrons. The first-order valence-corrected chi connectivity index (χ1v) is 8.24. The number of tetrazole rings is 1. The highest BCUT2D eigenvalue weighted by Crippen LogP contribution is 2.25. The lowest BCUT2D eigenvalue weighted by atomic mass is 10.1. The smallest absolute Gasteiger partial charge is 0.214 e. The number of halogens is 1. The maximum Gasteiger partial charge on any atom is 0.214 e. The second-order valence-electron chi connectivity index (χ2n) is 5.34.